The number of halogens is 2. The summed E-state index contributed by atoms with van der Waals surface area (Å²) in [6.45, 7) is 1.76. The smallest absolute Gasteiger partial charge is 0.254 e. The van der Waals surface area contributed by atoms with E-state index in [1.807, 2.05) is 0 Å². The molecule has 26 heavy (non-hydrogen) atoms. The third-order valence-electron chi connectivity index (χ3n) is 4.47. The quantitative estimate of drug-likeness (QED) is 0.518. The fourth-order valence-electron chi connectivity index (χ4n) is 3.15. The van der Waals surface area contributed by atoms with Crippen LogP contribution >= 0.6 is 0 Å². The highest BCUT2D eigenvalue weighted by atomic mass is 35.5. The Labute approximate surface area is 156 Å². The molecule has 2 aromatic heterocycles. The summed E-state index contributed by atoms with van der Waals surface area (Å²) in [5, 5.41) is 18.8. The van der Waals surface area contributed by atoms with Gasteiger partial charge in [0.25, 0.3) is 5.91 Å². The topological polar surface area (TPSA) is 126 Å². The van der Waals surface area contributed by atoms with Gasteiger partial charge in [-0.2, -0.15) is 10.4 Å². The Balaban J connectivity index is 0.00000243. The highest BCUT2D eigenvalue weighted by Gasteiger charge is 2.37. The Bertz CT molecular complexity index is 826. The molecule has 0 aromatic carbocycles. The summed E-state index contributed by atoms with van der Waals surface area (Å²) in [6, 6.07) is 3.47. The molecule has 0 unspecified atom stereocenters. The van der Waals surface area contributed by atoms with Crippen LogP contribution in [0.5, 0.6) is 0 Å². The molecule has 0 radical (unpaired) electrons. The van der Waals surface area contributed by atoms with Crippen LogP contribution in [0.15, 0.2) is 24.7 Å². The number of anilines is 2. The lowest BCUT2D eigenvalue weighted by molar-refractivity contribution is -0.667. The van der Waals surface area contributed by atoms with Crippen LogP contribution in [0.1, 0.15) is 29.6 Å². The first kappa shape index (κ1) is 19.6. The molecule has 0 spiro atoms. The van der Waals surface area contributed by atoms with Crippen LogP contribution in [0, 0.1) is 17.1 Å². The van der Waals surface area contributed by atoms with E-state index in [-0.39, 0.29) is 23.8 Å². The third kappa shape index (κ3) is 3.92. The van der Waals surface area contributed by atoms with Gasteiger partial charge in [-0.25, -0.2) is 4.39 Å². The number of carbonyl (C=O) groups excluding carboxylic acids is 1. The van der Waals surface area contributed by atoms with Crippen molar-refractivity contribution in [2.45, 2.75) is 24.8 Å². The van der Waals surface area contributed by atoms with Crippen molar-refractivity contribution in [1.82, 2.24) is 14.8 Å². The van der Waals surface area contributed by atoms with E-state index in [2.05, 4.69) is 26.8 Å². The van der Waals surface area contributed by atoms with Crippen LogP contribution in [-0.2, 0) is 5.54 Å². The molecular weight excluding hydrogens is 361 g/mol. The molecule has 5 N–H and O–H groups in total. The van der Waals surface area contributed by atoms with Gasteiger partial charge in [0.1, 0.15) is 11.4 Å². The van der Waals surface area contributed by atoms with Gasteiger partial charge in [-0.15, -0.1) is 0 Å². The number of nitrogens with one attached hydrogen (secondary N) is 1. The Morgan fingerprint density at radius 1 is 1.46 bits per heavy atom. The van der Waals surface area contributed by atoms with Crippen LogP contribution in [0.25, 0.3) is 0 Å². The lowest BCUT2D eigenvalue weighted by Gasteiger charge is -2.34. The van der Waals surface area contributed by atoms with Gasteiger partial charge in [0, 0.05) is 25.1 Å². The number of primary amides is 1. The fraction of sp³-hybridized carbons (Fsp3) is 0.375. The molecule has 0 aliphatic carbocycles. The summed E-state index contributed by atoms with van der Waals surface area (Å²) in [7, 11) is 0. The van der Waals surface area contributed by atoms with Gasteiger partial charge in [0.05, 0.1) is 49.2 Å². The second-order valence-electron chi connectivity index (χ2n) is 6.14. The van der Waals surface area contributed by atoms with Crippen LogP contribution in [0.4, 0.5) is 15.9 Å². The highest BCUT2D eigenvalue weighted by Crippen LogP contribution is 2.31. The molecule has 0 saturated carbocycles. The summed E-state index contributed by atoms with van der Waals surface area (Å²) in [5.41, 5.74) is 5.55. The maximum absolute atomic E-state index is 13.3. The number of nitriles is 1. The molecule has 1 saturated heterocycles. The minimum absolute atomic E-state index is 0. The van der Waals surface area contributed by atoms with Crippen LogP contribution in [-0.4, -0.2) is 33.8 Å². The number of nitrogens with two attached hydrogens (primary N) is 2. The zero-order valence-corrected chi connectivity index (χ0v) is 14.7. The number of hydrogen-bond acceptors (Lipinski definition) is 5. The van der Waals surface area contributed by atoms with Crippen molar-refractivity contribution in [3.05, 3.63) is 36.0 Å². The standard InChI is InChI=1S/C16H18FN7O.ClH/c17-11-7-12(9-21-8-11)22-15-13(14(19)25)10-24(23-15)16(1-4-18)2-5-20-6-3-16;/h7-10,20H,1-3,5-6H2,(H2,19,25)(H,22,23);1H. The van der Waals surface area contributed by atoms with Crippen molar-refractivity contribution in [3.63, 3.8) is 0 Å². The number of amides is 1. The molecule has 3 heterocycles. The number of aromatic nitrogens is 3. The average molecular weight is 380 g/mol. The van der Waals surface area contributed by atoms with Gasteiger partial charge in [-0.1, -0.05) is 0 Å². The van der Waals surface area contributed by atoms with E-state index in [1.54, 1.807) is 10.9 Å². The molecule has 0 atom stereocenters. The normalized spacial score (nSPS) is 15.5. The molecule has 8 nitrogen and oxygen atoms in total. The lowest BCUT2D eigenvalue weighted by atomic mass is 9.86. The van der Waals surface area contributed by atoms with Crippen molar-refractivity contribution in [1.29, 1.82) is 5.26 Å². The highest BCUT2D eigenvalue weighted by molar-refractivity contribution is 5.98. The SMILES string of the molecule is N#CCC1(n2cc(C(N)=O)c(Nc3cncc(F)c3)n2)CC[NH2+]CC1.[Cl-]. The van der Waals surface area contributed by atoms with Crippen LogP contribution in [0.2, 0.25) is 0 Å². The monoisotopic (exact) mass is 379 g/mol. The minimum atomic E-state index is -0.646. The predicted octanol–water partition coefficient (Wildman–Crippen LogP) is -2.77. The number of rotatable bonds is 5. The number of hydrogen-bond donors (Lipinski definition) is 3. The minimum Gasteiger partial charge on any atom is -1.00 e. The number of carbonyl (C=O) groups is 1. The first-order valence-electron chi connectivity index (χ1n) is 8.00. The molecule has 1 aliphatic heterocycles. The van der Waals surface area contributed by atoms with E-state index < -0.39 is 17.3 Å². The number of pyridine rings is 1. The van der Waals surface area contributed by atoms with E-state index in [0.717, 1.165) is 32.1 Å². The maximum atomic E-state index is 13.3. The predicted molar refractivity (Wildman–Crippen MR) is 87.3 cm³/mol. The van der Waals surface area contributed by atoms with E-state index in [9.17, 15) is 14.4 Å². The maximum Gasteiger partial charge on any atom is 0.254 e. The summed E-state index contributed by atoms with van der Waals surface area (Å²) >= 11 is 0. The summed E-state index contributed by atoms with van der Waals surface area (Å²) < 4.78 is 15.0. The van der Waals surface area contributed by atoms with Gasteiger partial charge in [-0.05, 0) is 0 Å². The molecule has 138 valence electrons. The second kappa shape index (κ2) is 8.12. The van der Waals surface area contributed by atoms with E-state index in [1.165, 1.54) is 12.3 Å². The van der Waals surface area contributed by atoms with Gasteiger partial charge in [0.15, 0.2) is 5.82 Å². The molecule has 1 aliphatic rings. The second-order valence-corrected chi connectivity index (χ2v) is 6.14. The first-order chi connectivity index (χ1) is 12.0. The summed E-state index contributed by atoms with van der Waals surface area (Å²) in [6.07, 6.45) is 5.90. The molecule has 10 heteroatoms. The third-order valence-corrected chi connectivity index (χ3v) is 4.47. The largest absolute Gasteiger partial charge is 1.00 e. The van der Waals surface area contributed by atoms with Gasteiger partial charge < -0.3 is 28.8 Å². The van der Waals surface area contributed by atoms with Crippen molar-refractivity contribution < 1.29 is 26.9 Å². The number of quaternary nitrogens is 1. The molecular formula is C16H19ClFN7O. The molecule has 3 rings (SSSR count). The van der Waals surface area contributed by atoms with Gasteiger partial charge >= 0.3 is 0 Å². The average Bonchev–Trinajstić information content (AvgIpc) is 3.01. The molecule has 1 amide bonds. The van der Waals surface area contributed by atoms with E-state index in [4.69, 9.17) is 5.73 Å². The molecule has 1 fully saturated rings. The lowest BCUT2D eigenvalue weighted by Crippen LogP contribution is -3.00. The molecule has 0 bridgehead atoms. The zero-order chi connectivity index (χ0) is 17.9. The Kier molecular flexibility index (Phi) is 6.13. The van der Waals surface area contributed by atoms with Crippen LogP contribution < -0.4 is 28.8 Å². The Morgan fingerprint density at radius 2 is 2.19 bits per heavy atom. The van der Waals surface area contributed by atoms with E-state index in [0.29, 0.717) is 12.1 Å². The van der Waals surface area contributed by atoms with E-state index >= 15 is 0 Å². The van der Waals surface area contributed by atoms with Crippen molar-refractivity contribution in [2.24, 2.45) is 5.73 Å². The van der Waals surface area contributed by atoms with Crippen LogP contribution in [0.3, 0.4) is 0 Å². The molecule has 2 aromatic rings. The first-order valence-corrected chi connectivity index (χ1v) is 8.00. The van der Waals surface area contributed by atoms with Crippen molar-refractivity contribution in [3.8, 4) is 6.07 Å². The van der Waals surface area contributed by atoms with Gasteiger partial charge in [0.2, 0.25) is 0 Å². The van der Waals surface area contributed by atoms with Gasteiger partial charge in [-0.3, -0.25) is 14.5 Å². The number of nitrogens with zero attached hydrogens (tertiary/aromatic N) is 4. The summed E-state index contributed by atoms with van der Waals surface area (Å²) in [5.74, 6) is -0.923. The number of piperidine rings is 1. The fourth-order valence-corrected chi connectivity index (χ4v) is 3.15. The van der Waals surface area contributed by atoms with Crippen molar-refractivity contribution >= 4 is 17.4 Å². The summed E-state index contributed by atoms with van der Waals surface area (Å²) in [4.78, 5) is 15.6. The Morgan fingerprint density at radius 3 is 2.81 bits per heavy atom. The Hall–Kier alpha value is -2.70. The zero-order valence-electron chi connectivity index (χ0n) is 14.0. The van der Waals surface area contributed by atoms with Crippen molar-refractivity contribution in [2.75, 3.05) is 18.4 Å².